The average Bonchev–Trinajstić information content (AvgIpc) is 2.67. The van der Waals surface area contributed by atoms with Crippen molar-refractivity contribution in [3.8, 4) is 0 Å². The fourth-order valence-electron chi connectivity index (χ4n) is 4.64. The monoisotopic (exact) mass is 428 g/mol. The van der Waals surface area contributed by atoms with Crippen molar-refractivity contribution in [2.75, 3.05) is 0 Å². The third kappa shape index (κ3) is 5.32. The summed E-state index contributed by atoms with van der Waals surface area (Å²) >= 11 is 0. The van der Waals surface area contributed by atoms with Gasteiger partial charge in [-0.25, -0.2) is 0 Å². The Morgan fingerprint density at radius 1 is 1.20 bits per heavy atom. The van der Waals surface area contributed by atoms with Gasteiger partial charge in [0.2, 0.25) is 0 Å². The number of aliphatic hydroxyl groups is 1. The first-order valence-electron chi connectivity index (χ1n) is 10.9. The molecular weight excluding hydrogens is 392 g/mol. The molecule has 0 amide bonds. The third-order valence-corrected chi connectivity index (χ3v) is 6.23. The molecule has 2 aliphatic heterocycles. The van der Waals surface area contributed by atoms with Gasteiger partial charge in [0, 0.05) is 19.3 Å². The van der Waals surface area contributed by atoms with E-state index in [-0.39, 0.29) is 12.3 Å². The molecule has 0 radical (unpaired) electrons. The molecule has 8 unspecified atom stereocenters. The van der Waals surface area contributed by atoms with Gasteiger partial charge >= 0.3 is 17.9 Å². The van der Waals surface area contributed by atoms with Gasteiger partial charge in [0.25, 0.3) is 0 Å². The van der Waals surface area contributed by atoms with E-state index in [1.54, 1.807) is 20.8 Å². The highest BCUT2D eigenvalue weighted by atomic mass is 16.6. The van der Waals surface area contributed by atoms with Crippen molar-refractivity contribution in [2.45, 2.75) is 110 Å². The molecule has 8 heteroatoms. The fourth-order valence-corrected chi connectivity index (χ4v) is 4.64. The molecule has 8 atom stereocenters. The summed E-state index contributed by atoms with van der Waals surface area (Å²) in [6.07, 6.45) is -0.146. The summed E-state index contributed by atoms with van der Waals surface area (Å²) in [7, 11) is 0. The lowest BCUT2D eigenvalue weighted by atomic mass is 9.73. The van der Waals surface area contributed by atoms with Crippen LogP contribution in [0.25, 0.3) is 0 Å². The maximum atomic E-state index is 12.4. The molecule has 8 nitrogen and oxygen atoms in total. The molecule has 2 saturated heterocycles. The van der Waals surface area contributed by atoms with Crippen LogP contribution in [-0.2, 0) is 33.3 Å². The zero-order valence-corrected chi connectivity index (χ0v) is 18.9. The van der Waals surface area contributed by atoms with Crippen LogP contribution in [0.3, 0.4) is 0 Å². The molecule has 0 spiro atoms. The molecule has 0 aliphatic carbocycles. The van der Waals surface area contributed by atoms with E-state index in [0.29, 0.717) is 12.8 Å². The number of ether oxygens (including phenoxy) is 4. The molecule has 172 valence electrons. The van der Waals surface area contributed by atoms with Crippen LogP contribution < -0.4 is 0 Å². The van der Waals surface area contributed by atoms with Gasteiger partial charge in [-0.1, -0.05) is 26.7 Å². The van der Waals surface area contributed by atoms with Crippen molar-refractivity contribution in [1.82, 2.24) is 0 Å². The van der Waals surface area contributed by atoms with Crippen molar-refractivity contribution in [3.05, 3.63) is 0 Å². The van der Waals surface area contributed by atoms with E-state index in [4.69, 9.17) is 18.9 Å². The molecule has 0 aromatic carbocycles. The fraction of sp³-hybridized carbons (Fsp3) is 0.864. The Hall–Kier alpha value is -1.67. The van der Waals surface area contributed by atoms with Crippen molar-refractivity contribution in [2.24, 2.45) is 11.8 Å². The summed E-state index contributed by atoms with van der Waals surface area (Å²) in [6, 6.07) is 0. The zero-order chi connectivity index (χ0) is 22.6. The zero-order valence-electron chi connectivity index (χ0n) is 18.9. The van der Waals surface area contributed by atoms with Gasteiger partial charge in [-0.2, -0.15) is 0 Å². The molecule has 0 saturated carbocycles. The Kier molecular flexibility index (Phi) is 8.27. The number of rotatable bonds is 8. The minimum atomic E-state index is -1.04. The van der Waals surface area contributed by atoms with E-state index in [1.165, 1.54) is 6.92 Å². The summed E-state index contributed by atoms with van der Waals surface area (Å²) in [5, 5.41) is 9.95. The lowest BCUT2D eigenvalue weighted by molar-refractivity contribution is -0.300. The second-order valence-corrected chi connectivity index (χ2v) is 8.83. The second kappa shape index (κ2) is 10.1. The summed E-state index contributed by atoms with van der Waals surface area (Å²) in [5.41, 5.74) is -1.04. The molecule has 0 aromatic heterocycles. The number of aliphatic hydroxyl groups excluding tert-OH is 1. The van der Waals surface area contributed by atoms with Gasteiger partial charge in [-0.3, -0.25) is 14.4 Å². The van der Waals surface area contributed by atoms with Gasteiger partial charge in [-0.15, -0.1) is 0 Å². The Morgan fingerprint density at radius 3 is 2.47 bits per heavy atom. The normalized spacial score (nSPS) is 37.0. The minimum absolute atomic E-state index is 0.107. The van der Waals surface area contributed by atoms with E-state index < -0.39 is 59.9 Å². The molecule has 0 bridgehead atoms. The van der Waals surface area contributed by atoms with Crippen molar-refractivity contribution < 1.29 is 38.4 Å². The summed E-state index contributed by atoms with van der Waals surface area (Å²) < 4.78 is 23.0. The van der Waals surface area contributed by atoms with Gasteiger partial charge in [-0.05, 0) is 33.6 Å². The highest BCUT2D eigenvalue weighted by Crippen LogP contribution is 2.45. The standard InChI is InChI=1S/C22H36O8/c1-7-8-9-16(24)10-11-17(25)28-18-12(2)19-22(6,30-14(18)4)20(27-15(5)23)13(3)21(26)29-19/h12-14,16,18-20,24H,7-11H2,1-6H3. The topological polar surface area (TPSA) is 108 Å². The van der Waals surface area contributed by atoms with Crippen LogP contribution in [0.5, 0.6) is 0 Å². The molecule has 1 N–H and O–H groups in total. The van der Waals surface area contributed by atoms with Crippen molar-refractivity contribution in [1.29, 1.82) is 0 Å². The van der Waals surface area contributed by atoms with Crippen LogP contribution in [0.15, 0.2) is 0 Å². The number of esters is 3. The maximum Gasteiger partial charge on any atom is 0.312 e. The van der Waals surface area contributed by atoms with Crippen molar-refractivity contribution in [3.63, 3.8) is 0 Å². The number of fused-ring (bicyclic) bond motifs is 1. The van der Waals surface area contributed by atoms with Crippen LogP contribution in [0.2, 0.25) is 0 Å². The number of hydrogen-bond donors (Lipinski definition) is 1. The van der Waals surface area contributed by atoms with E-state index in [0.717, 1.165) is 12.8 Å². The highest BCUT2D eigenvalue weighted by molar-refractivity contribution is 5.76. The molecule has 2 heterocycles. The quantitative estimate of drug-likeness (QED) is 0.464. The lowest BCUT2D eigenvalue weighted by Crippen LogP contribution is -2.70. The van der Waals surface area contributed by atoms with Gasteiger partial charge in [0.05, 0.1) is 18.1 Å². The number of hydrogen-bond acceptors (Lipinski definition) is 8. The van der Waals surface area contributed by atoms with Crippen LogP contribution in [0.1, 0.15) is 73.6 Å². The number of carbonyl (C=O) groups is 3. The second-order valence-electron chi connectivity index (χ2n) is 8.83. The summed E-state index contributed by atoms with van der Waals surface area (Å²) in [5.74, 6) is -2.42. The van der Waals surface area contributed by atoms with E-state index in [2.05, 4.69) is 0 Å². The van der Waals surface area contributed by atoms with Crippen LogP contribution in [-0.4, -0.2) is 59.1 Å². The van der Waals surface area contributed by atoms with Gasteiger partial charge < -0.3 is 24.1 Å². The molecular formula is C22H36O8. The van der Waals surface area contributed by atoms with E-state index in [9.17, 15) is 19.5 Å². The first-order chi connectivity index (χ1) is 14.0. The predicted octanol–water partition coefficient (Wildman–Crippen LogP) is 2.54. The lowest BCUT2D eigenvalue weighted by Gasteiger charge is -2.55. The van der Waals surface area contributed by atoms with Crippen LogP contribution >= 0.6 is 0 Å². The Bertz CT molecular complexity index is 635. The van der Waals surface area contributed by atoms with Crippen molar-refractivity contribution >= 4 is 17.9 Å². The predicted molar refractivity (Wildman–Crippen MR) is 107 cm³/mol. The molecule has 0 aromatic rings. The van der Waals surface area contributed by atoms with Gasteiger partial charge in [0.1, 0.15) is 23.9 Å². The van der Waals surface area contributed by atoms with E-state index in [1.807, 2.05) is 13.8 Å². The molecule has 30 heavy (non-hydrogen) atoms. The Labute approximate surface area is 178 Å². The Balaban J connectivity index is 2.08. The van der Waals surface area contributed by atoms with Gasteiger partial charge in [0.15, 0.2) is 0 Å². The summed E-state index contributed by atoms with van der Waals surface area (Å²) in [4.78, 5) is 36.4. The smallest absolute Gasteiger partial charge is 0.312 e. The Morgan fingerprint density at radius 2 is 1.87 bits per heavy atom. The molecule has 2 fully saturated rings. The number of unbranched alkanes of at least 4 members (excludes halogenated alkanes) is 1. The molecule has 2 rings (SSSR count). The highest BCUT2D eigenvalue weighted by Gasteiger charge is 2.62. The van der Waals surface area contributed by atoms with E-state index >= 15 is 0 Å². The number of carbonyl (C=O) groups excluding carboxylic acids is 3. The first kappa shape index (κ1) is 24.6. The van der Waals surface area contributed by atoms with Crippen LogP contribution in [0, 0.1) is 11.8 Å². The first-order valence-corrected chi connectivity index (χ1v) is 10.9. The SMILES string of the molecule is CCCCC(O)CCC(=O)OC1C(C)OC2(C)C(OC(C)=O)C(C)C(=O)OC2C1C. The maximum absolute atomic E-state index is 12.4. The average molecular weight is 429 g/mol. The summed E-state index contributed by atoms with van der Waals surface area (Å²) in [6.45, 7) is 10.4. The minimum Gasteiger partial charge on any atom is -0.459 e. The molecule has 2 aliphatic rings. The van der Waals surface area contributed by atoms with Crippen LogP contribution in [0.4, 0.5) is 0 Å². The largest absolute Gasteiger partial charge is 0.459 e. The third-order valence-electron chi connectivity index (χ3n) is 6.23.